The van der Waals surface area contributed by atoms with Crippen molar-refractivity contribution in [3.05, 3.63) is 0 Å². The Morgan fingerprint density at radius 1 is 1.00 bits per heavy atom. The fourth-order valence-electron chi connectivity index (χ4n) is 0.189. The van der Waals surface area contributed by atoms with Crippen molar-refractivity contribution in [1.82, 2.24) is 0 Å². The zero-order valence-corrected chi connectivity index (χ0v) is 9.66. The van der Waals surface area contributed by atoms with Crippen LogP contribution in [0.15, 0.2) is 0 Å². The molecular formula is C2H6MgO7P2. The zero-order valence-electron chi connectivity index (χ0n) is 6.46. The third-order valence-electron chi connectivity index (χ3n) is 0.647. The standard InChI is InChI=1S/C2H8O7P2.Mg/c1-7-10(3,4)9-11(5,6)8-2;/h1-2H3,(H,3,4)(H,5,6);/q;+2/p-2. The van der Waals surface area contributed by atoms with Gasteiger partial charge in [0.1, 0.15) is 0 Å². The van der Waals surface area contributed by atoms with Crippen LogP contribution in [0.2, 0.25) is 0 Å². The van der Waals surface area contributed by atoms with Crippen molar-refractivity contribution >= 4 is 38.7 Å². The largest absolute Gasteiger partial charge is 2.00 e. The average Bonchev–Trinajstić information content (AvgIpc) is 1.86. The maximum absolute atomic E-state index is 10.3. The molecule has 0 bridgehead atoms. The van der Waals surface area contributed by atoms with Gasteiger partial charge in [0.05, 0.1) is 0 Å². The van der Waals surface area contributed by atoms with E-state index in [1.54, 1.807) is 0 Å². The van der Waals surface area contributed by atoms with Crippen molar-refractivity contribution in [2.45, 2.75) is 0 Å². The first-order valence-electron chi connectivity index (χ1n) is 2.28. The van der Waals surface area contributed by atoms with E-state index in [1.807, 2.05) is 0 Å². The maximum Gasteiger partial charge on any atom is 2.00 e. The van der Waals surface area contributed by atoms with Crippen LogP contribution < -0.4 is 9.79 Å². The second-order valence-electron chi connectivity index (χ2n) is 1.34. The van der Waals surface area contributed by atoms with Crippen molar-refractivity contribution in [2.24, 2.45) is 0 Å². The van der Waals surface area contributed by atoms with Gasteiger partial charge in [0.15, 0.2) is 0 Å². The minimum Gasteiger partial charge on any atom is -0.756 e. The second kappa shape index (κ2) is 5.69. The average molecular weight is 228 g/mol. The van der Waals surface area contributed by atoms with Gasteiger partial charge in [0.2, 0.25) is 0 Å². The number of hydrogen-bond donors (Lipinski definition) is 0. The van der Waals surface area contributed by atoms with Crippen molar-refractivity contribution < 1.29 is 32.3 Å². The molecule has 0 radical (unpaired) electrons. The van der Waals surface area contributed by atoms with E-state index in [0.29, 0.717) is 0 Å². The van der Waals surface area contributed by atoms with Gasteiger partial charge in [-0.3, -0.25) is 9.13 Å². The third kappa shape index (κ3) is 6.53. The summed E-state index contributed by atoms with van der Waals surface area (Å²) in [6.45, 7) is 0. The topological polar surface area (TPSA) is 108 Å². The summed E-state index contributed by atoms with van der Waals surface area (Å²) in [5, 5.41) is 0. The first-order chi connectivity index (χ1) is 4.83. The second-order valence-corrected chi connectivity index (χ2v) is 4.51. The van der Waals surface area contributed by atoms with Crippen LogP contribution in [-0.2, 0) is 22.5 Å². The normalized spacial score (nSPS) is 20.3. The van der Waals surface area contributed by atoms with Crippen molar-refractivity contribution in [3.63, 3.8) is 0 Å². The molecule has 0 heterocycles. The minimum atomic E-state index is -4.76. The summed E-state index contributed by atoms with van der Waals surface area (Å²) < 4.78 is 31.5. The molecule has 0 aliphatic rings. The molecule has 0 aliphatic carbocycles. The maximum atomic E-state index is 10.3. The SMILES string of the molecule is COP(=O)([O-])OP(=O)([O-])OC.[Mg+2]. The molecule has 0 aliphatic heterocycles. The molecule has 0 spiro atoms. The van der Waals surface area contributed by atoms with Crippen molar-refractivity contribution in [3.8, 4) is 0 Å². The van der Waals surface area contributed by atoms with Crippen LogP contribution in [-0.4, -0.2) is 37.3 Å². The molecular weight excluding hydrogens is 222 g/mol. The Morgan fingerprint density at radius 2 is 1.25 bits per heavy atom. The van der Waals surface area contributed by atoms with Gasteiger partial charge in [-0.05, 0) is 0 Å². The molecule has 0 amide bonds. The van der Waals surface area contributed by atoms with E-state index in [1.165, 1.54) is 0 Å². The molecule has 0 saturated heterocycles. The number of phosphoric acid groups is 2. The van der Waals surface area contributed by atoms with E-state index in [9.17, 15) is 18.9 Å². The van der Waals surface area contributed by atoms with E-state index < -0.39 is 15.6 Å². The summed E-state index contributed by atoms with van der Waals surface area (Å²) in [6, 6.07) is 0. The summed E-state index contributed by atoms with van der Waals surface area (Å²) in [5.41, 5.74) is 0. The Morgan fingerprint density at radius 3 is 1.42 bits per heavy atom. The van der Waals surface area contributed by atoms with E-state index in [2.05, 4.69) is 13.4 Å². The van der Waals surface area contributed by atoms with Crippen LogP contribution in [0.25, 0.3) is 0 Å². The Kier molecular flexibility index (Phi) is 7.35. The van der Waals surface area contributed by atoms with E-state index in [-0.39, 0.29) is 23.1 Å². The molecule has 2 atom stereocenters. The smallest absolute Gasteiger partial charge is 0.756 e. The number of hydrogen-bond acceptors (Lipinski definition) is 7. The van der Waals surface area contributed by atoms with Crippen LogP contribution in [0, 0.1) is 0 Å². The van der Waals surface area contributed by atoms with Crippen LogP contribution in [0.3, 0.4) is 0 Å². The quantitative estimate of drug-likeness (QED) is 0.441. The Bertz CT molecular complexity index is 193. The van der Waals surface area contributed by atoms with Gasteiger partial charge in [-0.2, -0.15) is 0 Å². The summed E-state index contributed by atoms with van der Waals surface area (Å²) in [6.07, 6.45) is 0. The fourth-order valence-corrected chi connectivity index (χ4v) is 1.70. The molecule has 0 aromatic heterocycles. The summed E-state index contributed by atoms with van der Waals surface area (Å²) in [4.78, 5) is 20.6. The first-order valence-corrected chi connectivity index (χ1v) is 5.20. The van der Waals surface area contributed by atoms with E-state index >= 15 is 0 Å². The Balaban J connectivity index is 0. The summed E-state index contributed by atoms with van der Waals surface area (Å²) >= 11 is 0. The molecule has 0 saturated carbocycles. The van der Waals surface area contributed by atoms with Gasteiger partial charge in [0.25, 0.3) is 15.6 Å². The monoisotopic (exact) mass is 228 g/mol. The molecule has 7 nitrogen and oxygen atoms in total. The predicted molar refractivity (Wildman–Crippen MR) is 36.1 cm³/mol. The Hall–Kier alpha value is 1.03. The summed E-state index contributed by atoms with van der Waals surface area (Å²) in [5.74, 6) is 0. The van der Waals surface area contributed by atoms with E-state index in [0.717, 1.165) is 14.2 Å². The first kappa shape index (κ1) is 15.5. The molecule has 0 fully saturated rings. The minimum absolute atomic E-state index is 0. The van der Waals surface area contributed by atoms with Gasteiger partial charge < -0.3 is 18.8 Å². The zero-order chi connectivity index (χ0) is 9.12. The number of rotatable bonds is 4. The molecule has 0 aromatic carbocycles. The third-order valence-corrected chi connectivity index (χ3v) is 3.14. The van der Waals surface area contributed by atoms with Gasteiger partial charge in [-0.25, -0.2) is 4.31 Å². The van der Waals surface area contributed by atoms with Gasteiger partial charge in [-0.15, -0.1) is 0 Å². The molecule has 0 aromatic rings. The van der Waals surface area contributed by atoms with Gasteiger partial charge in [-0.1, -0.05) is 0 Å². The molecule has 2 unspecified atom stereocenters. The predicted octanol–water partition coefficient (Wildman–Crippen LogP) is -1.15. The van der Waals surface area contributed by atoms with Crippen molar-refractivity contribution in [1.29, 1.82) is 0 Å². The van der Waals surface area contributed by atoms with Gasteiger partial charge in [0, 0.05) is 14.2 Å². The molecule has 0 rings (SSSR count). The molecule has 10 heteroatoms. The molecule has 68 valence electrons. The molecule has 12 heavy (non-hydrogen) atoms. The van der Waals surface area contributed by atoms with Gasteiger partial charge >= 0.3 is 23.1 Å². The fraction of sp³-hybridized carbons (Fsp3) is 1.00. The van der Waals surface area contributed by atoms with E-state index in [4.69, 9.17) is 0 Å². The summed E-state index contributed by atoms with van der Waals surface area (Å²) in [7, 11) is -7.99. The number of phosphoric ester groups is 2. The van der Waals surface area contributed by atoms with Crippen molar-refractivity contribution in [2.75, 3.05) is 14.2 Å². The van der Waals surface area contributed by atoms with Crippen LogP contribution in [0.1, 0.15) is 0 Å². The van der Waals surface area contributed by atoms with Crippen LogP contribution >= 0.6 is 15.6 Å². The molecule has 0 N–H and O–H groups in total. The Labute approximate surface area is 85.4 Å². The van der Waals surface area contributed by atoms with Crippen LogP contribution in [0.4, 0.5) is 0 Å². The van der Waals surface area contributed by atoms with Crippen LogP contribution in [0.5, 0.6) is 0 Å².